The lowest BCUT2D eigenvalue weighted by Gasteiger charge is -2.23. The number of para-hydroxylation sites is 1. The summed E-state index contributed by atoms with van der Waals surface area (Å²) in [7, 11) is 0. The Hall–Kier alpha value is -6.10. The second-order valence-electron chi connectivity index (χ2n) is 17.2. The number of hydrogen-bond acceptors (Lipinski definition) is 3. The van der Waals surface area contributed by atoms with Crippen LogP contribution in [0.1, 0.15) is 57.5 Å². The Kier molecular flexibility index (Phi) is 9.06. The number of benzene rings is 6. The van der Waals surface area contributed by atoms with Crippen LogP contribution in [0.3, 0.4) is 0 Å². The molecule has 0 atom stereocenters. The number of rotatable bonds is 6. The van der Waals surface area contributed by atoms with Crippen molar-refractivity contribution >= 4 is 32.5 Å². The van der Waals surface area contributed by atoms with Gasteiger partial charge in [0, 0.05) is 43.4 Å². The second-order valence-corrected chi connectivity index (χ2v) is 18.5. The SMILES string of the molecule is Cc1cc2c(-c3nc4c(-c5cc(-c6cc(-c7ccccc7)ccn6)cc(C(C)(C)C)c5)cccc4n3-c3ccc(C(C)(C)C)cc3-c3ccccc3)cccc2s1. The lowest BCUT2D eigenvalue weighted by molar-refractivity contribution is 0.590. The van der Waals surface area contributed by atoms with Crippen LogP contribution in [0.4, 0.5) is 0 Å². The molecule has 6 aromatic carbocycles. The molecule has 280 valence electrons. The van der Waals surface area contributed by atoms with Gasteiger partial charge in [-0.3, -0.25) is 9.55 Å². The minimum atomic E-state index is -0.0912. The van der Waals surface area contributed by atoms with Crippen LogP contribution in [-0.2, 0) is 10.8 Å². The van der Waals surface area contributed by atoms with Gasteiger partial charge in [0.25, 0.3) is 0 Å². The lowest BCUT2D eigenvalue weighted by Crippen LogP contribution is -2.12. The van der Waals surface area contributed by atoms with Crippen molar-refractivity contribution in [3.63, 3.8) is 0 Å². The highest BCUT2D eigenvalue weighted by Crippen LogP contribution is 2.43. The molecule has 57 heavy (non-hydrogen) atoms. The van der Waals surface area contributed by atoms with E-state index in [4.69, 9.17) is 9.97 Å². The van der Waals surface area contributed by atoms with E-state index in [2.05, 4.69) is 205 Å². The van der Waals surface area contributed by atoms with Gasteiger partial charge >= 0.3 is 0 Å². The molecular formula is C53H47N3S. The molecule has 9 rings (SSSR count). The summed E-state index contributed by atoms with van der Waals surface area (Å²) >= 11 is 1.83. The number of pyridine rings is 1. The first kappa shape index (κ1) is 36.5. The lowest BCUT2D eigenvalue weighted by atomic mass is 9.83. The zero-order chi connectivity index (χ0) is 39.5. The van der Waals surface area contributed by atoms with Crippen LogP contribution in [0.5, 0.6) is 0 Å². The van der Waals surface area contributed by atoms with Crippen molar-refractivity contribution in [2.45, 2.75) is 59.3 Å². The molecule has 0 fully saturated rings. The van der Waals surface area contributed by atoms with Crippen LogP contribution < -0.4 is 0 Å². The standard InChI is InChI=1S/C53H47N3S/c1-34-28-45-43(21-15-23-49(45)57-34)51-55-50-42(20-14-22-48(50)56(51)47-25-24-40(52(2,3)4)33-44(47)36-18-12-9-13-19-36)38-29-39(31-41(30-38)53(5,6)7)46-32-37(26-27-54-46)35-16-10-8-11-17-35/h8-33H,1-7H3. The largest absolute Gasteiger partial charge is 0.292 e. The van der Waals surface area contributed by atoms with Crippen molar-refractivity contribution in [3.8, 4) is 61.7 Å². The molecule has 0 aliphatic heterocycles. The minimum absolute atomic E-state index is 0.0138. The van der Waals surface area contributed by atoms with Crippen LogP contribution in [0.2, 0.25) is 0 Å². The average molecular weight is 758 g/mol. The third-order valence-electron chi connectivity index (χ3n) is 11.1. The molecule has 0 unspecified atom stereocenters. The van der Waals surface area contributed by atoms with E-state index in [-0.39, 0.29) is 10.8 Å². The Morgan fingerprint density at radius 1 is 0.509 bits per heavy atom. The minimum Gasteiger partial charge on any atom is -0.292 e. The fourth-order valence-electron chi connectivity index (χ4n) is 7.95. The van der Waals surface area contributed by atoms with Crippen LogP contribution >= 0.6 is 11.3 Å². The quantitative estimate of drug-likeness (QED) is 0.169. The number of imidazole rings is 1. The van der Waals surface area contributed by atoms with E-state index in [1.54, 1.807) is 0 Å². The van der Waals surface area contributed by atoms with Gasteiger partial charge < -0.3 is 0 Å². The number of fused-ring (bicyclic) bond motifs is 2. The molecule has 3 nitrogen and oxygen atoms in total. The summed E-state index contributed by atoms with van der Waals surface area (Å²) in [6.07, 6.45) is 1.93. The van der Waals surface area contributed by atoms with Gasteiger partial charge in [0.1, 0.15) is 5.82 Å². The zero-order valence-corrected chi connectivity index (χ0v) is 34.6. The Balaban J connectivity index is 1.33. The third-order valence-corrected chi connectivity index (χ3v) is 12.1. The van der Waals surface area contributed by atoms with Crippen molar-refractivity contribution in [2.75, 3.05) is 0 Å². The summed E-state index contributed by atoms with van der Waals surface area (Å²) in [4.78, 5) is 11.9. The monoisotopic (exact) mass is 757 g/mol. The van der Waals surface area contributed by atoms with E-state index < -0.39 is 0 Å². The summed E-state index contributed by atoms with van der Waals surface area (Å²) in [5, 5.41) is 1.23. The molecule has 9 aromatic rings. The molecule has 0 aliphatic rings. The predicted octanol–water partition coefficient (Wildman–Crippen LogP) is 14.9. The molecule has 0 saturated carbocycles. The number of nitrogens with zero attached hydrogens (tertiary/aromatic N) is 3. The molecular weight excluding hydrogens is 711 g/mol. The fraction of sp³-hybridized carbons (Fsp3) is 0.170. The number of aromatic nitrogens is 3. The summed E-state index contributed by atoms with van der Waals surface area (Å²) in [5.41, 5.74) is 15.7. The highest BCUT2D eigenvalue weighted by molar-refractivity contribution is 7.19. The highest BCUT2D eigenvalue weighted by atomic mass is 32.1. The van der Waals surface area contributed by atoms with Gasteiger partial charge in [-0.15, -0.1) is 11.3 Å². The maximum absolute atomic E-state index is 5.70. The third kappa shape index (κ3) is 6.89. The van der Waals surface area contributed by atoms with Crippen molar-refractivity contribution in [3.05, 3.63) is 174 Å². The second kappa shape index (κ2) is 14.1. The van der Waals surface area contributed by atoms with Gasteiger partial charge in [-0.25, -0.2) is 4.98 Å². The van der Waals surface area contributed by atoms with E-state index in [9.17, 15) is 0 Å². The Morgan fingerprint density at radius 3 is 1.93 bits per heavy atom. The number of thiophene rings is 1. The molecule has 0 spiro atoms. The number of hydrogen-bond donors (Lipinski definition) is 0. The fourth-order valence-corrected chi connectivity index (χ4v) is 8.90. The van der Waals surface area contributed by atoms with E-state index in [0.717, 1.165) is 56.1 Å². The smallest absolute Gasteiger partial charge is 0.146 e. The molecule has 3 heterocycles. The maximum Gasteiger partial charge on any atom is 0.146 e. The molecule has 4 heteroatoms. The van der Waals surface area contributed by atoms with Gasteiger partial charge in [0.05, 0.1) is 22.4 Å². The van der Waals surface area contributed by atoms with Gasteiger partial charge in [-0.05, 0) is 106 Å². The molecule has 0 amide bonds. The van der Waals surface area contributed by atoms with Gasteiger partial charge in [0.15, 0.2) is 0 Å². The van der Waals surface area contributed by atoms with Crippen LogP contribution in [0.25, 0.3) is 82.8 Å². The van der Waals surface area contributed by atoms with Crippen LogP contribution in [-0.4, -0.2) is 14.5 Å². The van der Waals surface area contributed by atoms with Gasteiger partial charge in [-0.1, -0.05) is 139 Å². The molecule has 0 N–H and O–H groups in total. The van der Waals surface area contributed by atoms with Crippen molar-refractivity contribution in [2.24, 2.45) is 0 Å². The normalized spacial score (nSPS) is 12.1. The highest BCUT2D eigenvalue weighted by Gasteiger charge is 2.25. The first-order valence-electron chi connectivity index (χ1n) is 19.8. The molecule has 3 aromatic heterocycles. The topological polar surface area (TPSA) is 30.7 Å². The molecule has 0 aliphatic carbocycles. The molecule has 0 saturated heterocycles. The van der Waals surface area contributed by atoms with Gasteiger partial charge in [-0.2, -0.15) is 0 Å². The van der Waals surface area contributed by atoms with Crippen molar-refractivity contribution < 1.29 is 0 Å². The Bertz CT molecular complexity index is 2920. The van der Waals surface area contributed by atoms with E-state index >= 15 is 0 Å². The summed E-state index contributed by atoms with van der Waals surface area (Å²) in [5.74, 6) is 0.936. The first-order valence-corrected chi connectivity index (χ1v) is 20.6. The summed E-state index contributed by atoms with van der Waals surface area (Å²) in [6, 6.07) is 55.2. The molecule has 0 bridgehead atoms. The van der Waals surface area contributed by atoms with E-state index in [1.165, 1.54) is 42.8 Å². The maximum atomic E-state index is 5.70. The van der Waals surface area contributed by atoms with Gasteiger partial charge in [0.2, 0.25) is 0 Å². The number of aryl methyl sites for hydroxylation is 1. The Labute approximate surface area is 340 Å². The first-order chi connectivity index (χ1) is 27.4. The zero-order valence-electron chi connectivity index (χ0n) is 33.8. The van der Waals surface area contributed by atoms with Crippen molar-refractivity contribution in [1.82, 2.24) is 14.5 Å². The van der Waals surface area contributed by atoms with E-state index in [0.29, 0.717) is 0 Å². The summed E-state index contributed by atoms with van der Waals surface area (Å²) < 4.78 is 3.68. The Morgan fingerprint density at radius 2 is 1.19 bits per heavy atom. The van der Waals surface area contributed by atoms with Crippen LogP contribution in [0.15, 0.2) is 158 Å². The van der Waals surface area contributed by atoms with Crippen LogP contribution in [0, 0.1) is 6.92 Å². The predicted molar refractivity (Wildman–Crippen MR) is 244 cm³/mol. The summed E-state index contributed by atoms with van der Waals surface area (Å²) in [6.45, 7) is 15.9. The average Bonchev–Trinajstić information content (AvgIpc) is 3.80. The van der Waals surface area contributed by atoms with E-state index in [1.807, 2.05) is 17.5 Å². The molecule has 0 radical (unpaired) electrons. The van der Waals surface area contributed by atoms with Crippen molar-refractivity contribution in [1.29, 1.82) is 0 Å².